The average Bonchev–Trinajstić information content (AvgIpc) is 4.22. The van der Waals surface area contributed by atoms with Gasteiger partial charge < -0.3 is 45.2 Å². The van der Waals surface area contributed by atoms with Crippen LogP contribution in [-0.2, 0) is 21.4 Å². The molecule has 0 radical (unpaired) electrons. The number of aliphatic hydroxyl groups is 1. The molecule has 7 heterocycles. The van der Waals surface area contributed by atoms with E-state index in [1.54, 1.807) is 37.8 Å². The van der Waals surface area contributed by atoms with E-state index in [-0.39, 0.29) is 47.9 Å². The lowest BCUT2D eigenvalue weighted by atomic mass is 9.72. The SMILES string of the molecule is Cc1ncsc1-c1cc(O)c([C@H](C)NC(=O)[C@@H]2C[C@@H](O)CN2C(=O)[C@H](C(C)C)n2cc(OC3CC(CN4CCCN(c5nccc(-c6noc([C@@]7(C)CCCc8sc(N)c(C#N)c87)n6)n5)[C@@H](C)C4)C3)nn2)cc1F. The Morgan fingerprint density at radius 3 is 2.70 bits per heavy atom. The zero-order valence-corrected chi connectivity index (χ0v) is 43.9. The summed E-state index contributed by atoms with van der Waals surface area (Å²) in [7, 11) is 0. The van der Waals surface area contributed by atoms with E-state index in [0.29, 0.717) is 56.3 Å². The van der Waals surface area contributed by atoms with E-state index in [9.17, 15) is 25.1 Å². The van der Waals surface area contributed by atoms with Crippen LogP contribution in [0.4, 0.5) is 15.3 Å². The van der Waals surface area contributed by atoms with E-state index >= 15 is 4.39 Å². The second-order valence-corrected chi connectivity index (χ2v) is 22.8. The summed E-state index contributed by atoms with van der Waals surface area (Å²) in [6, 6.07) is 4.07. The summed E-state index contributed by atoms with van der Waals surface area (Å²) < 4.78 is 29.0. The lowest BCUT2D eigenvalue weighted by Gasteiger charge is -2.38. The van der Waals surface area contributed by atoms with Gasteiger partial charge in [-0.25, -0.2) is 24.0 Å². The number of halogens is 1. The quantitative estimate of drug-likeness (QED) is 0.0926. The van der Waals surface area contributed by atoms with Gasteiger partial charge in [-0.05, 0) is 103 Å². The van der Waals surface area contributed by atoms with Crippen LogP contribution in [0.1, 0.15) is 118 Å². The normalized spacial score (nSPS) is 24.0. The van der Waals surface area contributed by atoms with Crippen LogP contribution in [0.15, 0.2) is 40.6 Å². The van der Waals surface area contributed by atoms with Gasteiger partial charge in [0.05, 0.1) is 45.4 Å². The number of phenolic OH excluding ortho intramolecular Hbond substituents is 1. The van der Waals surface area contributed by atoms with Crippen molar-refractivity contribution in [2.45, 2.75) is 128 Å². The van der Waals surface area contributed by atoms with E-state index in [0.717, 1.165) is 75.1 Å². The van der Waals surface area contributed by atoms with Gasteiger partial charge in [0.1, 0.15) is 46.5 Å². The molecule has 2 amide bonds. The molecule has 10 rings (SSSR count). The average molecular weight is 1050 g/mol. The van der Waals surface area contributed by atoms with Crippen molar-refractivity contribution in [2.75, 3.05) is 43.4 Å². The number of nitrogens with zero attached hydrogens (tertiary/aromatic N) is 12. The summed E-state index contributed by atoms with van der Waals surface area (Å²) in [6.45, 7) is 14.8. The molecule has 6 aromatic rings. The maximum Gasteiger partial charge on any atom is 0.253 e. The van der Waals surface area contributed by atoms with E-state index in [1.807, 2.05) is 20.8 Å². The van der Waals surface area contributed by atoms with Gasteiger partial charge in [0.2, 0.25) is 29.5 Å². The molecular weight excluding hydrogens is 988 g/mol. The van der Waals surface area contributed by atoms with Crippen LogP contribution in [0.3, 0.4) is 0 Å². The number of aliphatic hydroxyl groups excluding tert-OH is 1. The largest absolute Gasteiger partial charge is 0.508 e. The first kappa shape index (κ1) is 50.9. The van der Waals surface area contributed by atoms with Crippen LogP contribution in [0.5, 0.6) is 11.6 Å². The fourth-order valence-electron chi connectivity index (χ4n) is 11.3. The molecule has 23 heteroatoms. The molecule has 2 aliphatic heterocycles. The number of aryl methyl sites for hydroxylation is 2. The van der Waals surface area contributed by atoms with Crippen molar-refractivity contribution in [1.29, 1.82) is 5.26 Å². The predicted octanol–water partition coefficient (Wildman–Crippen LogP) is 6.35. The van der Waals surface area contributed by atoms with Crippen LogP contribution >= 0.6 is 22.7 Å². The van der Waals surface area contributed by atoms with Gasteiger partial charge in [0.25, 0.3) is 5.88 Å². The molecule has 3 fully saturated rings. The summed E-state index contributed by atoms with van der Waals surface area (Å²) in [5.74, 6) is 0.177. The van der Waals surface area contributed by atoms with Gasteiger partial charge in [-0.15, -0.1) is 22.7 Å². The standard InChI is InChI=1S/C51H61FN14O6S2/c1-26(2)43(48(70)65-23-31(67)17-38(65)47(69)57-28(4)33-18-36(52)34(19-39(33)68)44-29(5)56-25-73-44)66-24-41(60-62-66)71-32-15-30(16-32)22-63-13-8-14-64(27(3)21-63)50-55-12-10-37(58-50)46-59-49(72-61-46)51(6)11-7-9-40-42(51)35(20-53)45(54)74-40/h10,12,18-19,24-28,30-32,38,43,67-68H,7-9,11,13-17,21-23,54H2,1-6H3,(H,57,69)/t27-,28-,30?,31+,32?,38-,43-,51-/m0/s1. The van der Waals surface area contributed by atoms with Gasteiger partial charge >= 0.3 is 0 Å². The summed E-state index contributed by atoms with van der Waals surface area (Å²) in [5, 5.41) is 47.9. The number of nitrogens with one attached hydrogen (secondary N) is 1. The van der Waals surface area contributed by atoms with Gasteiger partial charge in [-0.1, -0.05) is 29.3 Å². The highest BCUT2D eigenvalue weighted by Crippen LogP contribution is 2.49. The topological polar surface area (TPSA) is 264 Å². The Balaban J connectivity index is 0.721. The maximum atomic E-state index is 15.3. The van der Waals surface area contributed by atoms with E-state index in [2.05, 4.69) is 53.5 Å². The number of hydrogen-bond acceptors (Lipinski definition) is 19. The second kappa shape index (κ2) is 20.6. The number of carbonyl (C=O) groups is 2. The number of thiazole rings is 1. The number of carbonyl (C=O) groups excluding carboxylic acids is 2. The van der Waals surface area contributed by atoms with Crippen LogP contribution in [0.25, 0.3) is 22.0 Å². The summed E-state index contributed by atoms with van der Waals surface area (Å²) in [4.78, 5) is 54.5. The number of aromatic nitrogens is 8. The van der Waals surface area contributed by atoms with Crippen LogP contribution in [0.2, 0.25) is 0 Å². The van der Waals surface area contributed by atoms with Gasteiger partial charge in [0, 0.05) is 66.4 Å². The van der Waals surface area contributed by atoms with Crippen LogP contribution in [0, 0.1) is 35.9 Å². The third kappa shape index (κ3) is 9.79. The number of thiophene rings is 1. The predicted molar refractivity (Wildman–Crippen MR) is 274 cm³/mol. The number of anilines is 2. The lowest BCUT2D eigenvalue weighted by molar-refractivity contribution is -0.142. The molecule has 2 aliphatic carbocycles. The van der Waals surface area contributed by atoms with E-state index in [4.69, 9.17) is 25.0 Å². The number of nitriles is 1. The number of amides is 2. The number of likely N-dealkylation sites (tertiary alicyclic amines) is 1. The lowest BCUT2D eigenvalue weighted by Crippen LogP contribution is -2.49. The fraction of sp³-hybridized carbons (Fsp3) is 0.529. The fourth-order valence-corrected chi connectivity index (χ4v) is 13.3. The first-order chi connectivity index (χ1) is 35.5. The van der Waals surface area contributed by atoms with Crippen molar-refractivity contribution in [2.24, 2.45) is 11.8 Å². The summed E-state index contributed by atoms with van der Waals surface area (Å²) >= 11 is 2.73. The number of hydrogen-bond donors (Lipinski definition) is 4. The first-order valence-electron chi connectivity index (χ1n) is 25.3. The molecule has 2 saturated heterocycles. The first-order valence-corrected chi connectivity index (χ1v) is 27.0. The summed E-state index contributed by atoms with van der Waals surface area (Å²) in [6.07, 6.45) is 7.51. The molecule has 0 unspecified atom stereocenters. The van der Waals surface area contributed by atoms with E-state index < -0.39 is 47.3 Å². The number of β-amino-alcohol motifs (C(OH)–C–C–N with tert-alkyl or cyclic N) is 1. The Kier molecular flexibility index (Phi) is 14.2. The zero-order chi connectivity index (χ0) is 52.2. The minimum absolute atomic E-state index is 0.00945. The number of ether oxygens (including phenoxy) is 1. The molecule has 20 nitrogen and oxygen atoms in total. The number of fused-ring (bicyclic) bond motifs is 1. The minimum Gasteiger partial charge on any atom is -0.508 e. The molecule has 6 atom stereocenters. The Morgan fingerprint density at radius 1 is 1.14 bits per heavy atom. The molecule has 1 saturated carbocycles. The molecule has 5 N–H and O–H groups in total. The number of phenols is 1. The smallest absolute Gasteiger partial charge is 0.253 e. The third-order valence-corrected chi connectivity index (χ3v) is 17.2. The number of nitrogens with two attached hydrogens (primary N) is 1. The Bertz CT molecular complexity index is 3090. The van der Waals surface area contributed by atoms with Crippen molar-refractivity contribution < 1.29 is 33.5 Å². The molecule has 74 heavy (non-hydrogen) atoms. The molecule has 0 bridgehead atoms. The summed E-state index contributed by atoms with van der Waals surface area (Å²) in [5.41, 5.74) is 10.2. The number of rotatable bonds is 14. The van der Waals surface area contributed by atoms with E-state index in [1.165, 1.54) is 44.4 Å². The van der Waals surface area contributed by atoms with Gasteiger partial charge in [0.15, 0.2) is 0 Å². The van der Waals surface area contributed by atoms with Crippen molar-refractivity contribution in [3.05, 3.63) is 75.1 Å². The second-order valence-electron chi connectivity index (χ2n) is 20.8. The van der Waals surface area contributed by atoms with Crippen LogP contribution in [-0.4, -0.2) is 129 Å². The molecular formula is C51H61FN14O6S2. The zero-order valence-electron chi connectivity index (χ0n) is 42.2. The molecule has 5 aromatic heterocycles. The Labute approximate surface area is 435 Å². The highest BCUT2D eigenvalue weighted by atomic mass is 32.1. The van der Waals surface area contributed by atoms with Crippen LogP contribution < -0.4 is 20.7 Å². The molecule has 0 spiro atoms. The third-order valence-electron chi connectivity index (χ3n) is 15.2. The highest BCUT2D eigenvalue weighted by molar-refractivity contribution is 7.16. The number of nitrogen functional groups attached to an aromatic ring is 1. The minimum atomic E-state index is -1.01. The van der Waals surface area contributed by atoms with Crippen molar-refractivity contribution in [3.8, 4) is 39.7 Å². The monoisotopic (exact) mass is 1050 g/mol. The maximum absolute atomic E-state index is 15.3. The number of aromatic hydroxyl groups is 1. The highest BCUT2D eigenvalue weighted by Gasteiger charge is 2.45. The van der Waals surface area contributed by atoms with Crippen molar-refractivity contribution in [1.82, 2.24) is 55.2 Å². The molecule has 390 valence electrons. The number of benzene rings is 1. The molecule has 1 aromatic carbocycles. The molecule has 4 aliphatic rings. The van der Waals surface area contributed by atoms with Crippen molar-refractivity contribution >= 4 is 45.4 Å². The Hall–Kier alpha value is -6.61. The van der Waals surface area contributed by atoms with Gasteiger partial charge in [-0.2, -0.15) is 10.2 Å². The van der Waals surface area contributed by atoms with Crippen molar-refractivity contribution in [3.63, 3.8) is 0 Å². The Morgan fingerprint density at radius 2 is 1.95 bits per heavy atom. The van der Waals surface area contributed by atoms with Gasteiger partial charge in [-0.3, -0.25) is 9.59 Å².